The highest BCUT2D eigenvalue weighted by molar-refractivity contribution is 6.02. The lowest BCUT2D eigenvalue weighted by atomic mass is 10.1. The maximum Gasteiger partial charge on any atom is 0.238 e. The Morgan fingerprint density at radius 1 is 1.18 bits per heavy atom. The maximum absolute atomic E-state index is 12.4. The zero-order valence-electron chi connectivity index (χ0n) is 13.2. The van der Waals surface area contributed by atoms with Gasteiger partial charge in [-0.05, 0) is 43.2 Å². The number of carbonyl (C=O) groups excluding carboxylic acids is 1. The fourth-order valence-electron chi connectivity index (χ4n) is 2.94. The van der Waals surface area contributed by atoms with Gasteiger partial charge in [0.2, 0.25) is 5.91 Å². The molecule has 3 nitrogen and oxygen atoms in total. The van der Waals surface area contributed by atoms with Crippen LogP contribution in [0.5, 0.6) is 0 Å². The molecule has 0 aliphatic heterocycles. The molecule has 0 saturated heterocycles. The first-order valence-corrected chi connectivity index (χ1v) is 8.26. The zero-order chi connectivity index (χ0) is 15.4. The molecule has 1 saturated carbocycles. The Bertz CT molecular complexity index is 643. The average Bonchev–Trinajstić information content (AvgIpc) is 3.32. The van der Waals surface area contributed by atoms with Crippen LogP contribution in [0.1, 0.15) is 26.2 Å². The third kappa shape index (κ3) is 3.86. The van der Waals surface area contributed by atoms with Gasteiger partial charge in [0.15, 0.2) is 0 Å². The number of hydrogen-bond donors (Lipinski definition) is 1. The molecular formula is C19H24N2O. The number of amides is 1. The maximum atomic E-state index is 12.4. The molecule has 1 N–H and O–H groups in total. The first-order chi connectivity index (χ1) is 10.8. The predicted molar refractivity (Wildman–Crippen MR) is 92.0 cm³/mol. The summed E-state index contributed by atoms with van der Waals surface area (Å²) in [6.07, 6.45) is 3.74. The van der Waals surface area contributed by atoms with Crippen molar-refractivity contribution in [2.45, 2.75) is 26.2 Å². The van der Waals surface area contributed by atoms with Gasteiger partial charge in [0.05, 0.1) is 6.54 Å². The number of benzene rings is 2. The molecule has 0 atom stereocenters. The normalized spacial score (nSPS) is 14.5. The van der Waals surface area contributed by atoms with Crippen molar-refractivity contribution in [3.05, 3.63) is 42.5 Å². The molecule has 0 radical (unpaired) electrons. The van der Waals surface area contributed by atoms with E-state index in [0.717, 1.165) is 41.9 Å². The number of nitrogens with zero attached hydrogens (tertiary/aromatic N) is 1. The molecule has 1 amide bonds. The lowest BCUT2D eigenvalue weighted by Gasteiger charge is -2.21. The minimum atomic E-state index is 0.0884. The van der Waals surface area contributed by atoms with Crippen LogP contribution in [0.15, 0.2) is 42.5 Å². The fourth-order valence-corrected chi connectivity index (χ4v) is 2.94. The van der Waals surface area contributed by atoms with E-state index in [4.69, 9.17) is 0 Å². The van der Waals surface area contributed by atoms with E-state index in [9.17, 15) is 4.79 Å². The molecular weight excluding hydrogens is 272 g/mol. The van der Waals surface area contributed by atoms with Crippen molar-refractivity contribution >= 4 is 22.4 Å². The van der Waals surface area contributed by atoms with Crippen LogP contribution in [0.3, 0.4) is 0 Å². The topological polar surface area (TPSA) is 32.3 Å². The highest BCUT2D eigenvalue weighted by atomic mass is 16.2. The van der Waals surface area contributed by atoms with Crippen LogP contribution in [-0.4, -0.2) is 30.4 Å². The molecule has 1 fully saturated rings. The summed E-state index contributed by atoms with van der Waals surface area (Å²) in [4.78, 5) is 14.7. The van der Waals surface area contributed by atoms with Gasteiger partial charge in [0.25, 0.3) is 0 Å². The van der Waals surface area contributed by atoms with Gasteiger partial charge >= 0.3 is 0 Å². The molecule has 0 bridgehead atoms. The van der Waals surface area contributed by atoms with Gasteiger partial charge in [-0.1, -0.05) is 43.3 Å². The van der Waals surface area contributed by atoms with Crippen LogP contribution in [0, 0.1) is 5.92 Å². The summed E-state index contributed by atoms with van der Waals surface area (Å²) in [5.74, 6) is 0.905. The summed E-state index contributed by atoms with van der Waals surface area (Å²) >= 11 is 0. The molecule has 0 heterocycles. The van der Waals surface area contributed by atoms with Crippen LogP contribution in [0.2, 0.25) is 0 Å². The van der Waals surface area contributed by atoms with Crippen molar-refractivity contribution in [1.29, 1.82) is 0 Å². The Hall–Kier alpha value is -1.87. The Morgan fingerprint density at radius 2 is 1.95 bits per heavy atom. The second-order valence-electron chi connectivity index (χ2n) is 6.25. The number of nitrogens with one attached hydrogen (secondary N) is 1. The van der Waals surface area contributed by atoms with Crippen molar-refractivity contribution < 1.29 is 4.79 Å². The number of fused-ring (bicyclic) bond motifs is 1. The minimum absolute atomic E-state index is 0.0884. The minimum Gasteiger partial charge on any atom is -0.324 e. The predicted octanol–water partition coefficient (Wildman–Crippen LogP) is 3.90. The van der Waals surface area contributed by atoms with Crippen LogP contribution < -0.4 is 5.32 Å². The first kappa shape index (κ1) is 15.0. The molecule has 116 valence electrons. The molecule has 1 aliphatic carbocycles. The van der Waals surface area contributed by atoms with Crippen LogP contribution in [-0.2, 0) is 4.79 Å². The number of hydrogen-bond acceptors (Lipinski definition) is 2. The standard InChI is InChI=1S/C19H24N2O/c1-2-12-21(13-15-10-11-15)14-19(22)20-18-9-5-7-16-6-3-4-8-17(16)18/h3-9,15H,2,10-14H2,1H3,(H,20,22). The first-order valence-electron chi connectivity index (χ1n) is 8.26. The summed E-state index contributed by atoms with van der Waals surface area (Å²) in [5, 5.41) is 5.34. The summed E-state index contributed by atoms with van der Waals surface area (Å²) in [7, 11) is 0. The third-order valence-corrected chi connectivity index (χ3v) is 4.18. The molecule has 0 spiro atoms. The zero-order valence-corrected chi connectivity index (χ0v) is 13.2. The van der Waals surface area contributed by atoms with E-state index in [2.05, 4.69) is 35.3 Å². The van der Waals surface area contributed by atoms with E-state index in [-0.39, 0.29) is 5.91 Å². The third-order valence-electron chi connectivity index (χ3n) is 4.18. The van der Waals surface area contributed by atoms with Crippen molar-refractivity contribution in [1.82, 2.24) is 4.90 Å². The van der Waals surface area contributed by atoms with E-state index < -0.39 is 0 Å². The Kier molecular flexibility index (Phi) is 4.74. The molecule has 22 heavy (non-hydrogen) atoms. The van der Waals surface area contributed by atoms with E-state index >= 15 is 0 Å². The second kappa shape index (κ2) is 6.93. The van der Waals surface area contributed by atoms with E-state index in [0.29, 0.717) is 6.54 Å². The Labute approximate surface area is 132 Å². The molecule has 0 unspecified atom stereocenters. The van der Waals surface area contributed by atoms with Gasteiger partial charge in [-0.25, -0.2) is 0 Å². The summed E-state index contributed by atoms with van der Waals surface area (Å²) in [5.41, 5.74) is 0.908. The summed E-state index contributed by atoms with van der Waals surface area (Å²) in [6, 6.07) is 14.2. The highest BCUT2D eigenvalue weighted by Crippen LogP contribution is 2.29. The molecule has 0 aromatic heterocycles. The van der Waals surface area contributed by atoms with Crippen molar-refractivity contribution in [2.75, 3.05) is 25.0 Å². The molecule has 1 aliphatic rings. The van der Waals surface area contributed by atoms with Gasteiger partial charge in [-0.2, -0.15) is 0 Å². The van der Waals surface area contributed by atoms with Crippen molar-refractivity contribution in [3.8, 4) is 0 Å². The quantitative estimate of drug-likeness (QED) is 0.840. The van der Waals surface area contributed by atoms with Gasteiger partial charge in [0.1, 0.15) is 0 Å². The smallest absolute Gasteiger partial charge is 0.238 e. The van der Waals surface area contributed by atoms with Gasteiger partial charge in [0, 0.05) is 17.6 Å². The van der Waals surface area contributed by atoms with Gasteiger partial charge in [-0.15, -0.1) is 0 Å². The van der Waals surface area contributed by atoms with Crippen molar-refractivity contribution in [2.24, 2.45) is 5.92 Å². The van der Waals surface area contributed by atoms with Crippen molar-refractivity contribution in [3.63, 3.8) is 0 Å². The second-order valence-corrected chi connectivity index (χ2v) is 6.25. The molecule has 2 aromatic rings. The van der Waals surface area contributed by atoms with E-state index in [1.807, 2.05) is 24.3 Å². The van der Waals surface area contributed by atoms with E-state index in [1.165, 1.54) is 12.8 Å². The Morgan fingerprint density at radius 3 is 2.73 bits per heavy atom. The highest BCUT2D eigenvalue weighted by Gasteiger charge is 2.24. The average molecular weight is 296 g/mol. The van der Waals surface area contributed by atoms with Gasteiger partial charge < -0.3 is 5.32 Å². The number of anilines is 1. The van der Waals surface area contributed by atoms with E-state index in [1.54, 1.807) is 0 Å². The Balaban J connectivity index is 1.66. The fraction of sp³-hybridized carbons (Fsp3) is 0.421. The lowest BCUT2D eigenvalue weighted by Crippen LogP contribution is -2.35. The van der Waals surface area contributed by atoms with Crippen LogP contribution >= 0.6 is 0 Å². The molecule has 3 rings (SSSR count). The van der Waals surface area contributed by atoms with Crippen LogP contribution in [0.4, 0.5) is 5.69 Å². The lowest BCUT2D eigenvalue weighted by molar-refractivity contribution is -0.117. The summed E-state index contributed by atoms with van der Waals surface area (Å²) < 4.78 is 0. The number of rotatable bonds is 7. The monoisotopic (exact) mass is 296 g/mol. The SMILES string of the molecule is CCCN(CC(=O)Nc1cccc2ccccc12)CC1CC1. The van der Waals surface area contributed by atoms with Crippen LogP contribution in [0.25, 0.3) is 10.8 Å². The number of carbonyl (C=O) groups is 1. The summed E-state index contributed by atoms with van der Waals surface area (Å²) in [6.45, 7) is 4.73. The largest absolute Gasteiger partial charge is 0.324 e. The molecule has 2 aromatic carbocycles. The van der Waals surface area contributed by atoms with Gasteiger partial charge in [-0.3, -0.25) is 9.69 Å². The molecule has 3 heteroatoms.